The second kappa shape index (κ2) is 5.47. The SMILES string of the molecule is Cc1ccc(CNS(=O)(=O)c2ccc(F)c(N)c2F)s1. The fraction of sp³-hybridized carbons (Fsp3) is 0.167. The minimum Gasteiger partial charge on any atom is -0.394 e. The first kappa shape index (κ1) is 14.9. The van der Waals surface area contributed by atoms with E-state index in [1.807, 2.05) is 13.0 Å². The Balaban J connectivity index is 2.25. The van der Waals surface area contributed by atoms with Crippen LogP contribution in [0.5, 0.6) is 0 Å². The molecular weight excluding hydrogens is 306 g/mol. The maximum Gasteiger partial charge on any atom is 0.243 e. The maximum atomic E-state index is 13.7. The lowest BCUT2D eigenvalue weighted by Crippen LogP contribution is -2.24. The fourth-order valence-electron chi connectivity index (χ4n) is 1.58. The molecule has 0 aliphatic rings. The van der Waals surface area contributed by atoms with Crippen molar-refractivity contribution < 1.29 is 17.2 Å². The van der Waals surface area contributed by atoms with Gasteiger partial charge in [0.25, 0.3) is 0 Å². The molecule has 0 atom stereocenters. The van der Waals surface area contributed by atoms with Crippen LogP contribution in [0.3, 0.4) is 0 Å². The van der Waals surface area contributed by atoms with Crippen LogP contribution in [0.2, 0.25) is 0 Å². The number of nitrogen functional groups attached to an aromatic ring is 1. The number of rotatable bonds is 4. The molecule has 20 heavy (non-hydrogen) atoms. The van der Waals surface area contributed by atoms with Gasteiger partial charge in [0.1, 0.15) is 16.4 Å². The highest BCUT2D eigenvalue weighted by Gasteiger charge is 2.22. The average Bonchev–Trinajstić information content (AvgIpc) is 2.79. The van der Waals surface area contributed by atoms with Crippen molar-refractivity contribution in [3.8, 4) is 0 Å². The largest absolute Gasteiger partial charge is 0.394 e. The quantitative estimate of drug-likeness (QED) is 0.850. The Morgan fingerprint density at radius 2 is 1.95 bits per heavy atom. The zero-order chi connectivity index (χ0) is 14.9. The zero-order valence-electron chi connectivity index (χ0n) is 10.5. The van der Waals surface area contributed by atoms with Crippen molar-refractivity contribution in [2.75, 3.05) is 5.73 Å². The topological polar surface area (TPSA) is 72.2 Å². The van der Waals surface area contributed by atoms with Crippen LogP contribution in [-0.2, 0) is 16.6 Å². The number of anilines is 1. The number of hydrogen-bond donors (Lipinski definition) is 2. The monoisotopic (exact) mass is 318 g/mol. The summed E-state index contributed by atoms with van der Waals surface area (Å²) in [7, 11) is -4.08. The first-order valence-electron chi connectivity index (χ1n) is 5.59. The highest BCUT2D eigenvalue weighted by Crippen LogP contribution is 2.23. The van der Waals surface area contributed by atoms with E-state index in [-0.39, 0.29) is 6.54 Å². The van der Waals surface area contributed by atoms with Gasteiger partial charge in [-0.2, -0.15) is 0 Å². The lowest BCUT2D eigenvalue weighted by Gasteiger charge is -2.08. The highest BCUT2D eigenvalue weighted by atomic mass is 32.2. The molecule has 1 aromatic carbocycles. The van der Waals surface area contributed by atoms with Gasteiger partial charge in [-0.1, -0.05) is 0 Å². The van der Waals surface area contributed by atoms with Gasteiger partial charge in [0.2, 0.25) is 10.0 Å². The summed E-state index contributed by atoms with van der Waals surface area (Å²) in [4.78, 5) is 1.17. The van der Waals surface area contributed by atoms with E-state index in [2.05, 4.69) is 4.72 Å². The van der Waals surface area contributed by atoms with Crippen molar-refractivity contribution in [2.45, 2.75) is 18.4 Å². The predicted octanol–water partition coefficient (Wildman–Crippen LogP) is 2.40. The van der Waals surface area contributed by atoms with E-state index in [4.69, 9.17) is 5.73 Å². The third-order valence-electron chi connectivity index (χ3n) is 2.61. The number of hydrogen-bond acceptors (Lipinski definition) is 4. The molecule has 0 aliphatic carbocycles. The molecule has 4 nitrogen and oxygen atoms in total. The van der Waals surface area contributed by atoms with E-state index in [1.54, 1.807) is 6.07 Å². The van der Waals surface area contributed by atoms with Crippen molar-refractivity contribution in [2.24, 2.45) is 0 Å². The molecule has 108 valence electrons. The standard InChI is InChI=1S/C12H12F2N2O2S2/c1-7-2-3-8(19-7)6-16-20(17,18)10-5-4-9(13)12(15)11(10)14/h2-5,16H,6,15H2,1H3. The number of sulfonamides is 1. The van der Waals surface area contributed by atoms with Crippen molar-refractivity contribution in [1.82, 2.24) is 4.72 Å². The molecule has 0 aliphatic heterocycles. The summed E-state index contributed by atoms with van der Waals surface area (Å²) < 4.78 is 52.9. The van der Waals surface area contributed by atoms with E-state index >= 15 is 0 Å². The summed E-state index contributed by atoms with van der Waals surface area (Å²) in [5.41, 5.74) is 4.34. The second-order valence-electron chi connectivity index (χ2n) is 4.11. The van der Waals surface area contributed by atoms with E-state index in [9.17, 15) is 17.2 Å². The molecule has 0 amide bonds. The molecule has 2 rings (SSSR count). The third kappa shape index (κ3) is 2.97. The van der Waals surface area contributed by atoms with Crippen LogP contribution >= 0.6 is 11.3 Å². The van der Waals surface area contributed by atoms with Gasteiger partial charge < -0.3 is 5.73 Å². The first-order valence-corrected chi connectivity index (χ1v) is 7.89. The summed E-state index contributed by atoms with van der Waals surface area (Å²) in [6.45, 7) is 1.93. The van der Waals surface area contributed by atoms with Gasteiger partial charge in [0.15, 0.2) is 5.82 Å². The second-order valence-corrected chi connectivity index (χ2v) is 7.22. The van der Waals surface area contributed by atoms with E-state index in [1.165, 1.54) is 11.3 Å². The number of benzene rings is 1. The molecule has 8 heteroatoms. The van der Waals surface area contributed by atoms with Gasteiger partial charge in [-0.05, 0) is 31.2 Å². The first-order chi connectivity index (χ1) is 9.31. The molecule has 2 aromatic rings. The van der Waals surface area contributed by atoms with E-state index < -0.39 is 32.2 Å². The Bertz CT molecular complexity index is 742. The Hall–Kier alpha value is -1.51. The fourth-order valence-corrected chi connectivity index (χ4v) is 3.60. The number of nitrogens with one attached hydrogen (secondary N) is 1. The van der Waals surface area contributed by atoms with Crippen LogP contribution in [-0.4, -0.2) is 8.42 Å². The molecule has 0 bridgehead atoms. The molecule has 0 unspecified atom stereocenters. The zero-order valence-corrected chi connectivity index (χ0v) is 12.1. The number of halogens is 2. The Labute approximate surface area is 119 Å². The van der Waals surface area contributed by atoms with Crippen LogP contribution in [0.25, 0.3) is 0 Å². The number of thiophene rings is 1. The molecule has 3 N–H and O–H groups in total. The normalized spacial score (nSPS) is 11.8. The Morgan fingerprint density at radius 3 is 2.55 bits per heavy atom. The lowest BCUT2D eigenvalue weighted by atomic mass is 10.3. The van der Waals surface area contributed by atoms with Crippen LogP contribution in [0.4, 0.5) is 14.5 Å². The smallest absolute Gasteiger partial charge is 0.243 e. The van der Waals surface area contributed by atoms with Crippen molar-refractivity contribution in [3.63, 3.8) is 0 Å². The van der Waals surface area contributed by atoms with E-state index in [0.29, 0.717) is 0 Å². The molecule has 0 saturated carbocycles. The summed E-state index contributed by atoms with van der Waals surface area (Å²) in [6.07, 6.45) is 0. The summed E-state index contributed by atoms with van der Waals surface area (Å²) in [5, 5.41) is 0. The molecular formula is C12H12F2N2O2S2. The summed E-state index contributed by atoms with van der Waals surface area (Å²) in [5.74, 6) is -2.27. The maximum absolute atomic E-state index is 13.7. The van der Waals surface area contributed by atoms with Gasteiger partial charge >= 0.3 is 0 Å². The van der Waals surface area contributed by atoms with Gasteiger partial charge in [0, 0.05) is 16.3 Å². The molecule has 0 spiro atoms. The molecule has 0 saturated heterocycles. The van der Waals surface area contributed by atoms with Crippen LogP contribution in [0.15, 0.2) is 29.2 Å². The van der Waals surface area contributed by atoms with E-state index in [0.717, 1.165) is 21.9 Å². The Kier molecular flexibility index (Phi) is 4.07. The van der Waals surface area contributed by atoms with Crippen molar-refractivity contribution in [1.29, 1.82) is 0 Å². The Morgan fingerprint density at radius 1 is 1.25 bits per heavy atom. The van der Waals surface area contributed by atoms with Crippen molar-refractivity contribution in [3.05, 3.63) is 45.7 Å². The molecule has 1 heterocycles. The summed E-state index contributed by atoms with van der Waals surface area (Å²) >= 11 is 1.43. The lowest BCUT2D eigenvalue weighted by molar-refractivity contribution is 0.548. The highest BCUT2D eigenvalue weighted by molar-refractivity contribution is 7.89. The average molecular weight is 318 g/mol. The minimum absolute atomic E-state index is 0.0392. The van der Waals surface area contributed by atoms with Gasteiger partial charge in [-0.3, -0.25) is 0 Å². The van der Waals surface area contributed by atoms with Crippen molar-refractivity contribution >= 4 is 27.0 Å². The number of nitrogens with two attached hydrogens (primary N) is 1. The molecule has 0 fully saturated rings. The van der Waals surface area contributed by atoms with Crippen LogP contribution < -0.4 is 10.5 Å². The molecule has 1 aromatic heterocycles. The number of aryl methyl sites for hydroxylation is 1. The van der Waals surface area contributed by atoms with Gasteiger partial charge in [-0.15, -0.1) is 11.3 Å². The predicted molar refractivity (Wildman–Crippen MR) is 73.9 cm³/mol. The summed E-state index contributed by atoms with van der Waals surface area (Å²) in [6, 6.07) is 5.30. The van der Waals surface area contributed by atoms with Crippen LogP contribution in [0.1, 0.15) is 9.75 Å². The minimum atomic E-state index is -4.08. The van der Waals surface area contributed by atoms with Gasteiger partial charge in [0.05, 0.1) is 0 Å². The van der Waals surface area contributed by atoms with Gasteiger partial charge in [-0.25, -0.2) is 21.9 Å². The molecule has 0 radical (unpaired) electrons. The van der Waals surface area contributed by atoms with Crippen LogP contribution in [0, 0.1) is 18.6 Å². The third-order valence-corrected chi connectivity index (χ3v) is 5.03.